The fourth-order valence-electron chi connectivity index (χ4n) is 1.26. The Morgan fingerprint density at radius 2 is 2.07 bits per heavy atom. The summed E-state index contributed by atoms with van der Waals surface area (Å²) in [5, 5.41) is 11.9. The second-order valence-corrected chi connectivity index (χ2v) is 3.65. The maximum Gasteiger partial charge on any atom is 0.322 e. The molecule has 0 heterocycles. The predicted octanol–water partition coefficient (Wildman–Crippen LogP) is 0.779. The molecule has 0 aliphatic carbocycles. The van der Waals surface area contributed by atoms with Crippen LogP contribution in [0.5, 0.6) is 0 Å². The van der Waals surface area contributed by atoms with Gasteiger partial charge in [0.25, 0.3) is 0 Å². The third kappa shape index (κ3) is 4.58. The van der Waals surface area contributed by atoms with Crippen molar-refractivity contribution in [3.63, 3.8) is 0 Å². The Labute approximate surface area is 86.3 Å². The molecule has 0 radical (unpaired) electrons. The number of nitrogens with zero attached hydrogens (tertiary/aromatic N) is 1. The normalized spacial score (nSPS) is 15.5. The molecule has 84 valence electrons. The molecule has 0 aromatic carbocycles. The number of hydrogen-bond donors (Lipinski definition) is 2. The van der Waals surface area contributed by atoms with Gasteiger partial charge in [-0.15, -0.1) is 0 Å². The number of aliphatic carboxylic acids is 1. The number of nitrogens with one attached hydrogen (secondary N) is 1. The highest BCUT2D eigenvalue weighted by atomic mass is 16.4. The Morgan fingerprint density at radius 3 is 2.43 bits per heavy atom. The number of carboxylic acid groups (broad SMARTS) is 1. The van der Waals surface area contributed by atoms with Crippen molar-refractivity contribution in [3.05, 3.63) is 0 Å². The zero-order valence-corrected chi connectivity index (χ0v) is 9.58. The van der Waals surface area contributed by atoms with Crippen LogP contribution in [0.4, 0.5) is 0 Å². The van der Waals surface area contributed by atoms with Crippen LogP contribution in [-0.4, -0.2) is 48.2 Å². The van der Waals surface area contributed by atoms with E-state index in [2.05, 4.69) is 24.1 Å². The van der Waals surface area contributed by atoms with E-state index in [9.17, 15) is 4.79 Å². The van der Waals surface area contributed by atoms with E-state index in [1.807, 2.05) is 14.0 Å². The summed E-state index contributed by atoms with van der Waals surface area (Å²) in [6, 6.07) is -0.0329. The van der Waals surface area contributed by atoms with Crippen LogP contribution in [0.2, 0.25) is 0 Å². The lowest BCUT2D eigenvalue weighted by atomic mass is 10.2. The average molecular weight is 202 g/mol. The minimum atomic E-state index is -0.776. The van der Waals surface area contributed by atoms with E-state index >= 15 is 0 Å². The maximum atomic E-state index is 10.8. The molecule has 0 fully saturated rings. The van der Waals surface area contributed by atoms with Gasteiger partial charge in [0, 0.05) is 12.6 Å². The van der Waals surface area contributed by atoms with Crippen LogP contribution in [0.3, 0.4) is 0 Å². The molecule has 0 amide bonds. The monoisotopic (exact) mass is 202 g/mol. The molecule has 2 unspecified atom stereocenters. The van der Waals surface area contributed by atoms with E-state index < -0.39 is 12.0 Å². The highest BCUT2D eigenvalue weighted by Crippen LogP contribution is 2.01. The first-order chi connectivity index (χ1) is 6.52. The van der Waals surface area contributed by atoms with Crippen LogP contribution in [0, 0.1) is 0 Å². The minimum absolute atomic E-state index is 0.426. The topological polar surface area (TPSA) is 52.6 Å². The third-order valence-corrected chi connectivity index (χ3v) is 2.56. The van der Waals surface area contributed by atoms with Crippen molar-refractivity contribution in [1.29, 1.82) is 0 Å². The molecule has 2 atom stereocenters. The first kappa shape index (κ1) is 13.4. The smallest absolute Gasteiger partial charge is 0.322 e. The van der Waals surface area contributed by atoms with E-state index in [1.165, 1.54) is 0 Å². The first-order valence-electron chi connectivity index (χ1n) is 5.19. The van der Waals surface area contributed by atoms with Crippen LogP contribution in [0.15, 0.2) is 0 Å². The molecule has 0 aromatic rings. The van der Waals surface area contributed by atoms with Gasteiger partial charge in [-0.3, -0.25) is 4.79 Å². The van der Waals surface area contributed by atoms with Gasteiger partial charge < -0.3 is 15.3 Å². The molecular weight excluding hydrogens is 180 g/mol. The number of likely N-dealkylation sites (N-methyl/N-ethyl adjacent to an activating group) is 2. The molecule has 0 spiro atoms. The molecule has 0 rings (SSSR count). The van der Waals surface area contributed by atoms with Crippen molar-refractivity contribution in [2.24, 2.45) is 0 Å². The molecule has 2 N–H and O–H groups in total. The van der Waals surface area contributed by atoms with Crippen molar-refractivity contribution < 1.29 is 9.90 Å². The first-order valence-corrected chi connectivity index (χ1v) is 5.19. The predicted molar refractivity (Wildman–Crippen MR) is 57.5 cm³/mol. The average Bonchev–Trinajstić information content (AvgIpc) is 2.15. The van der Waals surface area contributed by atoms with Crippen molar-refractivity contribution in [1.82, 2.24) is 10.2 Å². The minimum Gasteiger partial charge on any atom is -0.480 e. The standard InChI is InChI=1S/C10H22N2O2/c1-5-8(3)12(4)7-9(10(13)14)11-6-2/h8-9,11H,5-7H2,1-4H3,(H,13,14). The highest BCUT2D eigenvalue weighted by molar-refractivity contribution is 5.73. The summed E-state index contributed by atoms with van der Waals surface area (Å²) >= 11 is 0. The van der Waals surface area contributed by atoms with Gasteiger partial charge in [-0.1, -0.05) is 13.8 Å². The number of rotatable bonds is 7. The zero-order chi connectivity index (χ0) is 11.1. The van der Waals surface area contributed by atoms with E-state index in [0.29, 0.717) is 19.1 Å². The summed E-state index contributed by atoms with van der Waals surface area (Å²) < 4.78 is 0. The van der Waals surface area contributed by atoms with Gasteiger partial charge in [0.05, 0.1) is 0 Å². The second kappa shape index (κ2) is 6.79. The van der Waals surface area contributed by atoms with Crippen LogP contribution in [0.25, 0.3) is 0 Å². The van der Waals surface area contributed by atoms with Crippen molar-refractivity contribution in [2.45, 2.75) is 39.3 Å². The molecule has 4 heteroatoms. The molecule has 0 bridgehead atoms. The fourth-order valence-corrected chi connectivity index (χ4v) is 1.26. The van der Waals surface area contributed by atoms with Gasteiger partial charge in [0.2, 0.25) is 0 Å². The lowest BCUT2D eigenvalue weighted by molar-refractivity contribution is -0.140. The quantitative estimate of drug-likeness (QED) is 0.640. The Hall–Kier alpha value is -0.610. The lowest BCUT2D eigenvalue weighted by Gasteiger charge is -2.26. The summed E-state index contributed by atoms with van der Waals surface area (Å²) in [6.07, 6.45) is 1.04. The summed E-state index contributed by atoms with van der Waals surface area (Å²) in [4.78, 5) is 12.9. The summed E-state index contributed by atoms with van der Waals surface area (Å²) in [5.74, 6) is -0.776. The number of carboxylic acids is 1. The van der Waals surface area contributed by atoms with Gasteiger partial charge in [0.15, 0.2) is 0 Å². The second-order valence-electron chi connectivity index (χ2n) is 3.65. The number of carbonyl (C=O) groups is 1. The molecule has 0 saturated heterocycles. The fraction of sp³-hybridized carbons (Fsp3) is 0.900. The van der Waals surface area contributed by atoms with Gasteiger partial charge in [-0.05, 0) is 26.9 Å². The van der Waals surface area contributed by atoms with Crippen molar-refractivity contribution in [2.75, 3.05) is 20.1 Å². The van der Waals surface area contributed by atoms with Gasteiger partial charge >= 0.3 is 5.97 Å². The maximum absolute atomic E-state index is 10.8. The van der Waals surface area contributed by atoms with Crippen LogP contribution < -0.4 is 5.32 Å². The van der Waals surface area contributed by atoms with Gasteiger partial charge in [-0.25, -0.2) is 0 Å². The Morgan fingerprint density at radius 1 is 1.50 bits per heavy atom. The van der Waals surface area contributed by atoms with Crippen LogP contribution in [-0.2, 0) is 4.79 Å². The lowest BCUT2D eigenvalue weighted by Crippen LogP contribution is -2.47. The molecule has 0 aliphatic heterocycles. The Kier molecular flexibility index (Phi) is 6.49. The summed E-state index contributed by atoms with van der Waals surface area (Å²) in [5.41, 5.74) is 0. The van der Waals surface area contributed by atoms with Crippen LogP contribution >= 0.6 is 0 Å². The molecule has 14 heavy (non-hydrogen) atoms. The molecule has 0 aromatic heterocycles. The zero-order valence-electron chi connectivity index (χ0n) is 9.58. The SMILES string of the molecule is CCNC(CN(C)C(C)CC)C(=O)O. The highest BCUT2D eigenvalue weighted by Gasteiger charge is 2.19. The van der Waals surface area contributed by atoms with E-state index in [4.69, 9.17) is 5.11 Å². The molecule has 4 nitrogen and oxygen atoms in total. The van der Waals surface area contributed by atoms with E-state index in [0.717, 1.165) is 6.42 Å². The van der Waals surface area contributed by atoms with Gasteiger partial charge in [0.1, 0.15) is 6.04 Å². The largest absolute Gasteiger partial charge is 0.480 e. The van der Waals surface area contributed by atoms with E-state index in [-0.39, 0.29) is 0 Å². The Bertz CT molecular complexity index is 174. The van der Waals surface area contributed by atoms with Gasteiger partial charge in [-0.2, -0.15) is 0 Å². The summed E-state index contributed by atoms with van der Waals surface area (Å²) in [7, 11) is 1.96. The molecular formula is C10H22N2O2. The number of hydrogen-bond acceptors (Lipinski definition) is 3. The third-order valence-electron chi connectivity index (χ3n) is 2.56. The van der Waals surface area contributed by atoms with Crippen LogP contribution in [0.1, 0.15) is 27.2 Å². The Balaban J connectivity index is 4.08. The van der Waals surface area contributed by atoms with E-state index in [1.54, 1.807) is 0 Å². The van der Waals surface area contributed by atoms with Crippen molar-refractivity contribution in [3.8, 4) is 0 Å². The summed E-state index contributed by atoms with van der Waals surface area (Å²) in [6.45, 7) is 7.36. The molecule has 0 aliphatic rings. The van der Waals surface area contributed by atoms with Crippen molar-refractivity contribution >= 4 is 5.97 Å². The molecule has 0 saturated carbocycles.